The second-order valence-electron chi connectivity index (χ2n) is 3.04. The van der Waals surface area contributed by atoms with Crippen LogP contribution in [0.2, 0.25) is 0 Å². The van der Waals surface area contributed by atoms with Gasteiger partial charge in [0, 0.05) is 19.9 Å². The first-order chi connectivity index (χ1) is 7.24. The van der Waals surface area contributed by atoms with Crippen LogP contribution in [0.1, 0.15) is 12.0 Å². The molecule has 1 aromatic heterocycles. The van der Waals surface area contributed by atoms with Crippen LogP contribution in [0.4, 0.5) is 10.6 Å². The number of anilines is 1. The van der Waals surface area contributed by atoms with Crippen molar-refractivity contribution in [3.05, 3.63) is 23.9 Å². The SMILES string of the molecule is COCCCc1cccnc1NC(=O)O. The van der Waals surface area contributed by atoms with Crippen LogP contribution in [-0.2, 0) is 11.2 Å². The molecule has 1 heterocycles. The Balaban J connectivity index is 2.64. The monoisotopic (exact) mass is 210 g/mol. The van der Waals surface area contributed by atoms with Crippen molar-refractivity contribution in [1.29, 1.82) is 0 Å². The molecule has 1 rings (SSSR count). The van der Waals surface area contributed by atoms with Gasteiger partial charge in [-0.15, -0.1) is 0 Å². The molecule has 0 radical (unpaired) electrons. The highest BCUT2D eigenvalue weighted by Crippen LogP contribution is 2.13. The highest BCUT2D eigenvalue weighted by molar-refractivity contribution is 5.82. The average molecular weight is 210 g/mol. The minimum absolute atomic E-state index is 0.404. The van der Waals surface area contributed by atoms with E-state index in [2.05, 4.69) is 10.3 Å². The number of nitrogens with one attached hydrogen (secondary N) is 1. The van der Waals surface area contributed by atoms with Gasteiger partial charge in [0.25, 0.3) is 0 Å². The van der Waals surface area contributed by atoms with E-state index in [-0.39, 0.29) is 0 Å². The number of pyridine rings is 1. The van der Waals surface area contributed by atoms with Crippen molar-refractivity contribution in [2.75, 3.05) is 19.0 Å². The van der Waals surface area contributed by atoms with Crippen molar-refractivity contribution in [1.82, 2.24) is 4.98 Å². The van der Waals surface area contributed by atoms with Crippen molar-refractivity contribution >= 4 is 11.9 Å². The predicted molar refractivity (Wildman–Crippen MR) is 56.1 cm³/mol. The van der Waals surface area contributed by atoms with Crippen LogP contribution in [-0.4, -0.2) is 29.9 Å². The van der Waals surface area contributed by atoms with E-state index in [0.717, 1.165) is 18.4 Å². The van der Waals surface area contributed by atoms with Crippen LogP contribution in [0, 0.1) is 0 Å². The predicted octanol–water partition coefficient (Wildman–Crippen LogP) is 1.75. The number of hydrogen-bond acceptors (Lipinski definition) is 3. The van der Waals surface area contributed by atoms with E-state index in [9.17, 15) is 4.79 Å². The fourth-order valence-electron chi connectivity index (χ4n) is 1.26. The molecule has 2 N–H and O–H groups in total. The topological polar surface area (TPSA) is 71.5 Å². The molecule has 0 saturated carbocycles. The first-order valence-electron chi connectivity index (χ1n) is 4.67. The van der Waals surface area contributed by atoms with Crippen molar-refractivity contribution < 1.29 is 14.6 Å². The zero-order chi connectivity index (χ0) is 11.1. The molecule has 0 spiro atoms. The highest BCUT2D eigenvalue weighted by Gasteiger charge is 2.05. The lowest BCUT2D eigenvalue weighted by atomic mass is 10.1. The summed E-state index contributed by atoms with van der Waals surface area (Å²) < 4.78 is 4.93. The third-order valence-electron chi connectivity index (χ3n) is 1.91. The molecule has 82 valence electrons. The minimum atomic E-state index is -1.10. The maximum atomic E-state index is 10.5. The van der Waals surface area contributed by atoms with Crippen molar-refractivity contribution in [2.45, 2.75) is 12.8 Å². The smallest absolute Gasteiger partial charge is 0.410 e. The van der Waals surface area contributed by atoms with Gasteiger partial charge in [-0.3, -0.25) is 5.32 Å². The number of methoxy groups -OCH3 is 1. The zero-order valence-corrected chi connectivity index (χ0v) is 8.56. The number of nitrogens with zero attached hydrogens (tertiary/aromatic N) is 1. The fourth-order valence-corrected chi connectivity index (χ4v) is 1.26. The second-order valence-corrected chi connectivity index (χ2v) is 3.04. The van der Waals surface area contributed by atoms with Gasteiger partial charge in [-0.1, -0.05) is 6.07 Å². The average Bonchev–Trinajstić information content (AvgIpc) is 2.20. The number of aromatic nitrogens is 1. The number of amides is 1. The first kappa shape index (κ1) is 11.5. The molecule has 0 saturated heterocycles. The van der Waals surface area contributed by atoms with E-state index in [1.54, 1.807) is 19.4 Å². The van der Waals surface area contributed by atoms with Crippen LogP contribution in [0.5, 0.6) is 0 Å². The molecule has 0 unspecified atom stereocenters. The van der Waals surface area contributed by atoms with Gasteiger partial charge in [0.15, 0.2) is 0 Å². The van der Waals surface area contributed by atoms with Gasteiger partial charge >= 0.3 is 6.09 Å². The molecule has 0 aromatic carbocycles. The van der Waals surface area contributed by atoms with Gasteiger partial charge in [-0.05, 0) is 24.5 Å². The van der Waals surface area contributed by atoms with Crippen molar-refractivity contribution in [3.8, 4) is 0 Å². The van der Waals surface area contributed by atoms with E-state index in [0.29, 0.717) is 12.4 Å². The Kier molecular flexibility index (Phi) is 4.56. The Hall–Kier alpha value is -1.62. The van der Waals surface area contributed by atoms with E-state index >= 15 is 0 Å². The number of carbonyl (C=O) groups is 1. The summed E-state index contributed by atoms with van der Waals surface area (Å²) in [4.78, 5) is 14.4. The quantitative estimate of drug-likeness (QED) is 0.726. The Morgan fingerprint density at radius 2 is 2.47 bits per heavy atom. The van der Waals surface area contributed by atoms with Crippen LogP contribution in [0.25, 0.3) is 0 Å². The van der Waals surface area contributed by atoms with Gasteiger partial charge in [-0.2, -0.15) is 0 Å². The Bertz CT molecular complexity index is 328. The molecular formula is C10H14N2O3. The Morgan fingerprint density at radius 1 is 1.67 bits per heavy atom. The normalized spacial score (nSPS) is 9.93. The third kappa shape index (κ3) is 3.95. The first-order valence-corrected chi connectivity index (χ1v) is 4.67. The Morgan fingerprint density at radius 3 is 3.13 bits per heavy atom. The summed E-state index contributed by atoms with van der Waals surface area (Å²) >= 11 is 0. The van der Waals surface area contributed by atoms with Gasteiger partial charge in [-0.25, -0.2) is 9.78 Å². The van der Waals surface area contributed by atoms with Crippen LogP contribution < -0.4 is 5.32 Å². The number of rotatable bonds is 5. The van der Waals surface area contributed by atoms with Gasteiger partial charge in [0.05, 0.1) is 0 Å². The summed E-state index contributed by atoms with van der Waals surface area (Å²) in [6, 6.07) is 3.64. The lowest BCUT2D eigenvalue weighted by Crippen LogP contribution is -2.11. The summed E-state index contributed by atoms with van der Waals surface area (Å²) in [5, 5.41) is 10.9. The van der Waals surface area contributed by atoms with Crippen LogP contribution >= 0.6 is 0 Å². The standard InChI is InChI=1S/C10H14N2O3/c1-15-7-3-5-8-4-2-6-11-9(8)12-10(13)14/h2,4,6H,3,5,7H2,1H3,(H,11,12)(H,13,14). The molecule has 5 nitrogen and oxygen atoms in total. The summed E-state index contributed by atoms with van der Waals surface area (Å²) in [6.07, 6.45) is 2.06. The zero-order valence-electron chi connectivity index (χ0n) is 8.56. The molecule has 1 amide bonds. The van der Waals surface area contributed by atoms with Crippen molar-refractivity contribution in [3.63, 3.8) is 0 Å². The summed E-state index contributed by atoms with van der Waals surface area (Å²) in [5.41, 5.74) is 0.886. The van der Waals surface area contributed by atoms with Crippen LogP contribution in [0.3, 0.4) is 0 Å². The van der Waals surface area contributed by atoms with Gasteiger partial charge < -0.3 is 9.84 Å². The molecular weight excluding hydrogens is 196 g/mol. The van der Waals surface area contributed by atoms with Gasteiger partial charge in [0.2, 0.25) is 0 Å². The van der Waals surface area contributed by atoms with E-state index in [1.165, 1.54) is 0 Å². The highest BCUT2D eigenvalue weighted by atomic mass is 16.5. The largest absolute Gasteiger partial charge is 0.465 e. The molecule has 0 bridgehead atoms. The number of aryl methyl sites for hydroxylation is 1. The number of ether oxygens (including phenoxy) is 1. The molecule has 5 heteroatoms. The number of carboxylic acid groups (broad SMARTS) is 1. The molecule has 1 aromatic rings. The molecule has 0 aliphatic carbocycles. The van der Waals surface area contributed by atoms with Crippen LogP contribution in [0.15, 0.2) is 18.3 Å². The fraction of sp³-hybridized carbons (Fsp3) is 0.400. The molecule has 0 atom stereocenters. The van der Waals surface area contributed by atoms with Gasteiger partial charge in [0.1, 0.15) is 5.82 Å². The molecule has 0 aliphatic heterocycles. The van der Waals surface area contributed by atoms with Crippen molar-refractivity contribution in [2.24, 2.45) is 0 Å². The summed E-state index contributed by atoms with van der Waals surface area (Å²) in [6.45, 7) is 0.654. The number of hydrogen-bond donors (Lipinski definition) is 2. The van der Waals surface area contributed by atoms with E-state index in [4.69, 9.17) is 9.84 Å². The minimum Gasteiger partial charge on any atom is -0.465 e. The summed E-state index contributed by atoms with van der Waals surface area (Å²) in [5.74, 6) is 0.404. The molecule has 15 heavy (non-hydrogen) atoms. The lowest BCUT2D eigenvalue weighted by molar-refractivity contribution is 0.195. The Labute approximate surface area is 88.1 Å². The molecule has 0 fully saturated rings. The van der Waals surface area contributed by atoms with E-state index in [1.807, 2.05) is 6.07 Å². The molecule has 0 aliphatic rings. The third-order valence-corrected chi connectivity index (χ3v) is 1.91. The summed E-state index contributed by atoms with van der Waals surface area (Å²) in [7, 11) is 1.64. The maximum Gasteiger partial charge on any atom is 0.410 e. The van der Waals surface area contributed by atoms with E-state index < -0.39 is 6.09 Å². The lowest BCUT2D eigenvalue weighted by Gasteiger charge is -2.06. The second kappa shape index (κ2) is 5.98. The maximum absolute atomic E-state index is 10.5.